The maximum Gasteiger partial charge on any atom is 0.269 e. The number of nitro groups is 1. The van der Waals surface area contributed by atoms with Crippen molar-refractivity contribution in [2.45, 2.75) is 24.0 Å². The first kappa shape index (κ1) is 12.5. The quantitative estimate of drug-likeness (QED) is 0.618. The Morgan fingerprint density at radius 1 is 0.857 bits per heavy atom. The van der Waals surface area contributed by atoms with Crippen molar-refractivity contribution in [3.8, 4) is 0 Å². The molecule has 2 aromatic carbocycles. The van der Waals surface area contributed by atoms with E-state index < -0.39 is 23.0 Å². The molecule has 21 heavy (non-hydrogen) atoms. The topological polar surface area (TPSA) is 83.6 Å². The third-order valence-corrected chi connectivity index (χ3v) is 4.65. The molecule has 0 amide bonds. The molecule has 0 unspecified atom stereocenters. The molecule has 2 aromatic rings. The van der Waals surface area contributed by atoms with Crippen molar-refractivity contribution in [3.63, 3.8) is 0 Å². The predicted molar refractivity (Wildman–Crippen MR) is 75.2 cm³/mol. The van der Waals surface area contributed by atoms with Gasteiger partial charge in [-0.25, -0.2) is 0 Å². The molecule has 3 aliphatic rings. The second kappa shape index (κ2) is 4.13. The molecule has 0 fully saturated rings. The number of aliphatic hydroxyl groups excluding tert-OH is 2. The zero-order valence-corrected chi connectivity index (χ0v) is 11.0. The van der Waals surface area contributed by atoms with Gasteiger partial charge in [0.25, 0.3) is 5.69 Å². The van der Waals surface area contributed by atoms with Gasteiger partial charge in [-0.2, -0.15) is 0 Å². The Morgan fingerprint density at radius 3 is 1.95 bits per heavy atom. The Balaban J connectivity index is 2.00. The van der Waals surface area contributed by atoms with Crippen molar-refractivity contribution in [3.05, 3.63) is 74.8 Å². The highest BCUT2D eigenvalue weighted by Gasteiger charge is 2.48. The van der Waals surface area contributed by atoms with E-state index >= 15 is 0 Å². The lowest BCUT2D eigenvalue weighted by Crippen LogP contribution is -2.47. The first-order valence-electron chi connectivity index (χ1n) is 6.83. The van der Waals surface area contributed by atoms with Gasteiger partial charge in [0.1, 0.15) is 0 Å². The Kier molecular flexibility index (Phi) is 2.46. The number of fused-ring (bicyclic) bond motifs is 1. The van der Waals surface area contributed by atoms with Crippen LogP contribution in [0, 0.1) is 10.1 Å². The van der Waals surface area contributed by atoms with Crippen LogP contribution in [0.5, 0.6) is 0 Å². The number of benzene rings is 2. The van der Waals surface area contributed by atoms with Crippen LogP contribution in [0.1, 0.15) is 34.1 Å². The Labute approximate surface area is 120 Å². The third kappa shape index (κ3) is 1.53. The fourth-order valence-corrected chi connectivity index (χ4v) is 3.77. The van der Waals surface area contributed by atoms with Crippen molar-refractivity contribution in [2.24, 2.45) is 0 Å². The molecule has 5 nitrogen and oxygen atoms in total. The molecule has 2 bridgehead atoms. The lowest BCUT2D eigenvalue weighted by molar-refractivity contribution is -0.385. The zero-order valence-electron chi connectivity index (χ0n) is 11.0. The molecule has 3 aliphatic carbocycles. The van der Waals surface area contributed by atoms with Gasteiger partial charge in [0, 0.05) is 24.0 Å². The molecule has 106 valence electrons. The average molecular weight is 283 g/mol. The number of nitro benzene ring substituents is 1. The van der Waals surface area contributed by atoms with Crippen LogP contribution in [-0.4, -0.2) is 27.3 Å². The summed E-state index contributed by atoms with van der Waals surface area (Å²) in [6.07, 6.45) is -1.81. The molecular formula is C16H13NO4. The maximum atomic E-state index is 11.0. The van der Waals surface area contributed by atoms with Gasteiger partial charge in [-0.05, 0) is 22.3 Å². The van der Waals surface area contributed by atoms with Gasteiger partial charge in [-0.3, -0.25) is 10.1 Å². The molecule has 0 radical (unpaired) electrons. The van der Waals surface area contributed by atoms with Crippen LogP contribution in [0.2, 0.25) is 0 Å². The minimum absolute atomic E-state index is 0.0143. The van der Waals surface area contributed by atoms with Gasteiger partial charge in [0.15, 0.2) is 0 Å². The summed E-state index contributed by atoms with van der Waals surface area (Å²) in [6.45, 7) is 0. The summed E-state index contributed by atoms with van der Waals surface area (Å²) in [5, 5.41) is 31.7. The number of aliphatic hydroxyl groups is 2. The Morgan fingerprint density at radius 2 is 1.38 bits per heavy atom. The molecule has 0 heterocycles. The highest BCUT2D eigenvalue weighted by atomic mass is 16.6. The van der Waals surface area contributed by atoms with E-state index in [0.717, 1.165) is 22.3 Å². The molecule has 0 aliphatic heterocycles. The first-order valence-corrected chi connectivity index (χ1v) is 6.83. The van der Waals surface area contributed by atoms with E-state index in [-0.39, 0.29) is 11.6 Å². The minimum Gasteiger partial charge on any atom is -0.389 e. The van der Waals surface area contributed by atoms with Gasteiger partial charge < -0.3 is 10.2 Å². The van der Waals surface area contributed by atoms with Crippen LogP contribution in [0.3, 0.4) is 0 Å². The van der Waals surface area contributed by atoms with E-state index in [1.807, 2.05) is 24.3 Å². The second-order valence-corrected chi connectivity index (χ2v) is 5.64. The Hall–Kier alpha value is -2.24. The SMILES string of the molecule is O=[N+]([O-])c1ccc2c(c1)[C@@H]1c3ccccc3[C@H]2[C@@H](O)[C@H]1O. The zero-order chi connectivity index (χ0) is 14.7. The number of rotatable bonds is 1. The highest BCUT2D eigenvalue weighted by Crippen LogP contribution is 2.53. The van der Waals surface area contributed by atoms with Crippen LogP contribution in [0.4, 0.5) is 5.69 Å². The van der Waals surface area contributed by atoms with Gasteiger partial charge in [0.2, 0.25) is 0 Å². The lowest BCUT2D eigenvalue weighted by atomic mass is 9.61. The summed E-state index contributed by atoms with van der Waals surface area (Å²) in [5.74, 6) is -0.729. The van der Waals surface area contributed by atoms with Gasteiger partial charge >= 0.3 is 0 Å². The van der Waals surface area contributed by atoms with Crippen molar-refractivity contribution in [2.75, 3.05) is 0 Å². The largest absolute Gasteiger partial charge is 0.389 e. The summed E-state index contributed by atoms with van der Waals surface area (Å²) in [7, 11) is 0. The molecular weight excluding hydrogens is 270 g/mol. The van der Waals surface area contributed by atoms with E-state index in [4.69, 9.17) is 0 Å². The smallest absolute Gasteiger partial charge is 0.269 e. The standard InChI is InChI=1S/C16H13NO4/c18-15-13-9-3-1-2-4-10(9)14(16(15)19)12-7-8(17(20)21)5-6-11(12)13/h1-7,13-16,18-19H/t13-,14+,15-,16+/m1/s1. The van der Waals surface area contributed by atoms with Crippen LogP contribution in [0.15, 0.2) is 42.5 Å². The second-order valence-electron chi connectivity index (χ2n) is 5.64. The molecule has 5 heteroatoms. The van der Waals surface area contributed by atoms with Crippen molar-refractivity contribution >= 4 is 5.69 Å². The molecule has 0 spiro atoms. The van der Waals surface area contributed by atoms with Crippen molar-refractivity contribution in [1.29, 1.82) is 0 Å². The molecule has 5 rings (SSSR count). The van der Waals surface area contributed by atoms with E-state index in [2.05, 4.69) is 0 Å². The number of non-ortho nitro benzene ring substituents is 1. The molecule has 4 atom stereocenters. The van der Waals surface area contributed by atoms with E-state index in [9.17, 15) is 20.3 Å². The average Bonchev–Trinajstić information content (AvgIpc) is 2.49. The van der Waals surface area contributed by atoms with Crippen LogP contribution in [0.25, 0.3) is 0 Å². The van der Waals surface area contributed by atoms with Crippen LogP contribution >= 0.6 is 0 Å². The van der Waals surface area contributed by atoms with Crippen LogP contribution < -0.4 is 0 Å². The summed E-state index contributed by atoms with van der Waals surface area (Å²) >= 11 is 0. The number of hydrogen-bond donors (Lipinski definition) is 2. The van der Waals surface area contributed by atoms with Gasteiger partial charge in [0.05, 0.1) is 17.1 Å². The monoisotopic (exact) mass is 283 g/mol. The normalized spacial score (nSPS) is 28.9. The maximum absolute atomic E-state index is 11.0. The highest BCUT2D eigenvalue weighted by molar-refractivity contribution is 5.59. The number of hydrogen-bond acceptors (Lipinski definition) is 4. The fraction of sp³-hybridized carbons (Fsp3) is 0.250. The van der Waals surface area contributed by atoms with Gasteiger partial charge in [-0.1, -0.05) is 30.3 Å². The summed E-state index contributed by atoms with van der Waals surface area (Å²) < 4.78 is 0. The molecule has 0 aromatic heterocycles. The van der Waals surface area contributed by atoms with Gasteiger partial charge in [-0.15, -0.1) is 0 Å². The van der Waals surface area contributed by atoms with Crippen LogP contribution in [-0.2, 0) is 0 Å². The predicted octanol–water partition coefficient (Wildman–Crippen LogP) is 1.91. The third-order valence-electron chi connectivity index (χ3n) is 4.65. The minimum atomic E-state index is -0.931. The Bertz CT molecular complexity index is 758. The summed E-state index contributed by atoms with van der Waals surface area (Å²) in [5.41, 5.74) is 3.60. The first-order chi connectivity index (χ1) is 10.1. The molecule has 0 saturated carbocycles. The fourth-order valence-electron chi connectivity index (χ4n) is 3.77. The van der Waals surface area contributed by atoms with Crippen molar-refractivity contribution in [1.82, 2.24) is 0 Å². The van der Waals surface area contributed by atoms with E-state index in [1.54, 1.807) is 6.07 Å². The summed E-state index contributed by atoms with van der Waals surface area (Å²) in [6, 6.07) is 12.4. The molecule has 0 saturated heterocycles. The van der Waals surface area contributed by atoms with E-state index in [1.165, 1.54) is 12.1 Å². The molecule has 2 N–H and O–H groups in total. The van der Waals surface area contributed by atoms with Crippen molar-refractivity contribution < 1.29 is 15.1 Å². The lowest BCUT2D eigenvalue weighted by Gasteiger charge is -2.46. The summed E-state index contributed by atoms with van der Waals surface area (Å²) in [4.78, 5) is 10.5. The number of nitrogens with zero attached hydrogens (tertiary/aromatic N) is 1. The van der Waals surface area contributed by atoms with E-state index in [0.29, 0.717) is 0 Å².